The molecule has 0 saturated heterocycles. The molecule has 0 unspecified atom stereocenters. The average Bonchev–Trinajstić information content (AvgIpc) is 3.28. The van der Waals surface area contributed by atoms with E-state index >= 15 is 0 Å². The fraction of sp³-hybridized carbons (Fsp3) is 0.300. The zero-order valence-corrected chi connectivity index (χ0v) is 16.3. The van der Waals surface area contributed by atoms with Crippen molar-refractivity contribution < 1.29 is 9.32 Å². The largest absolute Gasteiger partial charge is 0.333 e. The number of nitriles is 1. The third-order valence-electron chi connectivity index (χ3n) is 4.50. The van der Waals surface area contributed by atoms with E-state index in [4.69, 9.17) is 4.52 Å². The number of carbonyl (C=O) groups excluding carboxylic acids is 1. The standard InChI is InChI=1S/C20H20N4O2S/c1-4-13(5-2)18(25)23-20-15(11-21)12(3)16(27-20)19-22-17(24-26-19)14-9-7-6-8-10-14/h6-10,13H,4-5H2,1-3H3,(H,23,25). The molecule has 7 heteroatoms. The molecule has 1 amide bonds. The van der Waals surface area contributed by atoms with Crippen LogP contribution >= 0.6 is 11.3 Å². The zero-order valence-electron chi connectivity index (χ0n) is 15.4. The molecule has 0 aliphatic rings. The quantitative estimate of drug-likeness (QED) is 0.648. The number of anilines is 1. The number of thiophene rings is 1. The van der Waals surface area contributed by atoms with Gasteiger partial charge in [0.2, 0.25) is 11.7 Å². The Morgan fingerprint density at radius 1 is 1.30 bits per heavy atom. The number of rotatable bonds is 6. The summed E-state index contributed by atoms with van der Waals surface area (Å²) in [6.45, 7) is 5.78. The van der Waals surface area contributed by atoms with Gasteiger partial charge in [-0.05, 0) is 25.3 Å². The van der Waals surface area contributed by atoms with Gasteiger partial charge in [-0.25, -0.2) is 0 Å². The Morgan fingerprint density at radius 2 is 2.00 bits per heavy atom. The van der Waals surface area contributed by atoms with Gasteiger partial charge < -0.3 is 9.84 Å². The number of nitrogens with zero attached hydrogens (tertiary/aromatic N) is 3. The lowest BCUT2D eigenvalue weighted by Crippen LogP contribution is -2.21. The maximum Gasteiger partial charge on any atom is 0.268 e. The maximum atomic E-state index is 12.4. The molecule has 0 aliphatic heterocycles. The van der Waals surface area contributed by atoms with Crippen molar-refractivity contribution >= 4 is 22.2 Å². The summed E-state index contributed by atoms with van der Waals surface area (Å²) in [7, 11) is 0. The normalized spacial score (nSPS) is 10.8. The van der Waals surface area contributed by atoms with E-state index in [-0.39, 0.29) is 11.8 Å². The molecular weight excluding hydrogens is 360 g/mol. The van der Waals surface area contributed by atoms with Gasteiger partial charge in [0.1, 0.15) is 11.1 Å². The van der Waals surface area contributed by atoms with Crippen LogP contribution in [0.1, 0.15) is 37.8 Å². The minimum Gasteiger partial charge on any atom is -0.333 e. The summed E-state index contributed by atoms with van der Waals surface area (Å²) in [6.07, 6.45) is 1.51. The lowest BCUT2D eigenvalue weighted by molar-refractivity contribution is -0.120. The van der Waals surface area contributed by atoms with Crippen molar-refractivity contribution in [2.24, 2.45) is 5.92 Å². The van der Waals surface area contributed by atoms with Crippen LogP contribution in [0.2, 0.25) is 0 Å². The van der Waals surface area contributed by atoms with E-state index in [9.17, 15) is 10.1 Å². The Kier molecular flexibility index (Phi) is 5.67. The number of hydrogen-bond acceptors (Lipinski definition) is 6. The molecular formula is C20H20N4O2S. The molecule has 2 heterocycles. The number of benzene rings is 1. The number of amides is 1. The number of carbonyl (C=O) groups is 1. The monoisotopic (exact) mass is 380 g/mol. The Labute approximate surface area is 161 Å². The molecule has 1 aromatic carbocycles. The summed E-state index contributed by atoms with van der Waals surface area (Å²) in [5.41, 5.74) is 2.02. The van der Waals surface area contributed by atoms with Crippen LogP contribution < -0.4 is 5.32 Å². The molecule has 0 bridgehead atoms. The second kappa shape index (κ2) is 8.14. The van der Waals surface area contributed by atoms with Gasteiger partial charge in [0.15, 0.2) is 0 Å². The minimum absolute atomic E-state index is 0.0696. The number of aromatic nitrogens is 2. The highest BCUT2D eigenvalue weighted by Gasteiger charge is 2.23. The fourth-order valence-corrected chi connectivity index (χ4v) is 3.92. The van der Waals surface area contributed by atoms with E-state index in [1.165, 1.54) is 11.3 Å². The summed E-state index contributed by atoms with van der Waals surface area (Å²) in [4.78, 5) is 17.6. The highest BCUT2D eigenvalue weighted by Crippen LogP contribution is 2.39. The lowest BCUT2D eigenvalue weighted by atomic mass is 10.0. The van der Waals surface area contributed by atoms with Gasteiger partial charge in [-0.1, -0.05) is 49.3 Å². The Bertz CT molecular complexity index is 981. The summed E-state index contributed by atoms with van der Waals surface area (Å²) in [5.74, 6) is 0.686. The van der Waals surface area contributed by atoms with Gasteiger partial charge in [-0.3, -0.25) is 4.79 Å². The van der Waals surface area contributed by atoms with E-state index in [1.54, 1.807) is 0 Å². The molecule has 0 aliphatic carbocycles. The predicted octanol–water partition coefficient (Wildman–Crippen LogP) is 5.02. The van der Waals surface area contributed by atoms with Crippen LogP contribution in [0.5, 0.6) is 0 Å². The summed E-state index contributed by atoms with van der Waals surface area (Å²) in [6, 6.07) is 11.7. The van der Waals surface area contributed by atoms with Crippen LogP contribution in [0.4, 0.5) is 5.00 Å². The van der Waals surface area contributed by atoms with Crippen molar-refractivity contribution in [3.63, 3.8) is 0 Å². The van der Waals surface area contributed by atoms with Gasteiger partial charge in [0.05, 0.1) is 10.4 Å². The van der Waals surface area contributed by atoms with Crippen LogP contribution in [-0.4, -0.2) is 16.0 Å². The molecule has 0 atom stereocenters. The first kappa shape index (κ1) is 18.8. The van der Waals surface area contributed by atoms with Crippen LogP contribution in [0.3, 0.4) is 0 Å². The van der Waals surface area contributed by atoms with E-state index in [1.807, 2.05) is 51.1 Å². The third-order valence-corrected chi connectivity index (χ3v) is 5.70. The molecule has 1 N–H and O–H groups in total. The second-order valence-corrected chi connectivity index (χ2v) is 7.18. The molecule has 2 aromatic heterocycles. The molecule has 27 heavy (non-hydrogen) atoms. The summed E-state index contributed by atoms with van der Waals surface area (Å²) in [5, 5.41) is 17.0. The zero-order chi connectivity index (χ0) is 19.4. The molecule has 0 saturated carbocycles. The second-order valence-electron chi connectivity index (χ2n) is 6.16. The van der Waals surface area contributed by atoms with E-state index in [0.717, 1.165) is 24.0 Å². The highest BCUT2D eigenvalue weighted by molar-refractivity contribution is 7.20. The van der Waals surface area contributed by atoms with Crippen molar-refractivity contribution in [1.82, 2.24) is 10.1 Å². The predicted molar refractivity (Wildman–Crippen MR) is 105 cm³/mol. The van der Waals surface area contributed by atoms with Crippen molar-refractivity contribution in [2.45, 2.75) is 33.6 Å². The van der Waals surface area contributed by atoms with Crippen molar-refractivity contribution in [1.29, 1.82) is 5.26 Å². The molecule has 6 nitrogen and oxygen atoms in total. The van der Waals surface area contributed by atoms with Gasteiger partial charge in [-0.15, -0.1) is 11.3 Å². The third kappa shape index (κ3) is 3.76. The summed E-state index contributed by atoms with van der Waals surface area (Å²) >= 11 is 1.29. The Balaban J connectivity index is 1.94. The van der Waals surface area contributed by atoms with Crippen molar-refractivity contribution in [2.75, 3.05) is 5.32 Å². The Morgan fingerprint density at radius 3 is 2.63 bits per heavy atom. The van der Waals surface area contributed by atoms with E-state index in [2.05, 4.69) is 21.5 Å². The van der Waals surface area contributed by atoms with Gasteiger partial charge in [-0.2, -0.15) is 10.2 Å². The van der Waals surface area contributed by atoms with Crippen LogP contribution in [0.25, 0.3) is 22.2 Å². The maximum absolute atomic E-state index is 12.4. The van der Waals surface area contributed by atoms with Gasteiger partial charge in [0.25, 0.3) is 5.89 Å². The average molecular weight is 380 g/mol. The fourth-order valence-electron chi connectivity index (χ4n) is 2.83. The smallest absolute Gasteiger partial charge is 0.268 e. The van der Waals surface area contributed by atoms with Crippen LogP contribution in [0.15, 0.2) is 34.9 Å². The lowest BCUT2D eigenvalue weighted by Gasteiger charge is -2.11. The van der Waals surface area contributed by atoms with Crippen molar-refractivity contribution in [3.05, 3.63) is 41.5 Å². The first-order valence-corrected chi connectivity index (χ1v) is 9.64. The molecule has 3 rings (SSSR count). The molecule has 0 fully saturated rings. The molecule has 0 radical (unpaired) electrons. The van der Waals surface area contributed by atoms with Crippen LogP contribution in [-0.2, 0) is 4.79 Å². The minimum atomic E-state index is -0.0736. The van der Waals surface area contributed by atoms with Gasteiger partial charge >= 0.3 is 0 Å². The number of nitrogens with one attached hydrogen (secondary N) is 1. The first-order valence-electron chi connectivity index (χ1n) is 8.82. The SMILES string of the molecule is CCC(CC)C(=O)Nc1sc(-c2nc(-c3ccccc3)no2)c(C)c1C#N. The number of hydrogen-bond donors (Lipinski definition) is 1. The molecule has 0 spiro atoms. The molecule has 138 valence electrons. The van der Waals surface area contributed by atoms with Gasteiger partial charge in [0, 0.05) is 11.5 Å². The topological polar surface area (TPSA) is 91.8 Å². The first-order chi connectivity index (χ1) is 13.1. The van der Waals surface area contributed by atoms with E-state index in [0.29, 0.717) is 27.2 Å². The highest BCUT2D eigenvalue weighted by atomic mass is 32.1. The Hall–Kier alpha value is -2.98. The summed E-state index contributed by atoms with van der Waals surface area (Å²) < 4.78 is 5.42. The van der Waals surface area contributed by atoms with Crippen molar-refractivity contribution in [3.8, 4) is 28.2 Å². The van der Waals surface area contributed by atoms with E-state index < -0.39 is 0 Å². The molecule has 3 aromatic rings. The van der Waals surface area contributed by atoms with Crippen LogP contribution in [0, 0.1) is 24.2 Å².